The average molecular weight is 381 g/mol. The minimum absolute atomic E-state index is 0.0967. The molecule has 0 N–H and O–H groups in total. The van der Waals surface area contributed by atoms with Crippen LogP contribution in [-0.2, 0) is 13.1 Å². The van der Waals surface area contributed by atoms with Gasteiger partial charge in [0.2, 0.25) is 0 Å². The van der Waals surface area contributed by atoms with Crippen molar-refractivity contribution in [3.63, 3.8) is 0 Å². The summed E-state index contributed by atoms with van der Waals surface area (Å²) in [4.78, 5) is 16.6. The maximum Gasteiger partial charge on any atom is 0.159 e. The quantitative estimate of drug-likeness (QED) is 0.713. The van der Waals surface area contributed by atoms with E-state index >= 15 is 0 Å². The van der Waals surface area contributed by atoms with Crippen molar-refractivity contribution < 1.29 is 9.18 Å². The highest BCUT2D eigenvalue weighted by Gasteiger charge is 2.41. The molecule has 2 aliphatic heterocycles. The largest absolute Gasteiger partial charge is 0.298 e. The molecular weight excluding hydrogens is 351 g/mol. The molecule has 0 amide bonds. The lowest BCUT2D eigenvalue weighted by Gasteiger charge is -2.40. The van der Waals surface area contributed by atoms with E-state index in [0.29, 0.717) is 12.0 Å². The molecule has 2 aromatic rings. The van der Waals surface area contributed by atoms with Gasteiger partial charge in [0.25, 0.3) is 0 Å². The van der Waals surface area contributed by atoms with Crippen LogP contribution >= 0.6 is 0 Å². The van der Waals surface area contributed by atoms with Gasteiger partial charge in [-0.05, 0) is 62.4 Å². The topological polar surface area (TPSA) is 23.6 Å². The van der Waals surface area contributed by atoms with E-state index in [-0.39, 0.29) is 11.6 Å². The third kappa shape index (κ3) is 4.34. The highest BCUT2D eigenvalue weighted by molar-refractivity contribution is 5.94. The number of hydrogen-bond acceptors (Lipinski definition) is 3. The third-order valence-electron chi connectivity index (χ3n) is 6.35. The highest BCUT2D eigenvalue weighted by Crippen LogP contribution is 2.40. The van der Waals surface area contributed by atoms with Gasteiger partial charge in [-0.15, -0.1) is 0 Å². The first kappa shape index (κ1) is 19.3. The zero-order chi connectivity index (χ0) is 19.6. The molecule has 0 radical (unpaired) electrons. The Hall–Kier alpha value is -2.04. The van der Waals surface area contributed by atoms with Gasteiger partial charge in [-0.25, -0.2) is 4.39 Å². The fourth-order valence-corrected chi connectivity index (χ4v) is 4.96. The van der Waals surface area contributed by atoms with Gasteiger partial charge in [0, 0.05) is 37.3 Å². The molecule has 0 bridgehead atoms. The van der Waals surface area contributed by atoms with Crippen LogP contribution in [0.1, 0.15) is 47.7 Å². The average Bonchev–Trinajstić information content (AvgIpc) is 3.05. The van der Waals surface area contributed by atoms with E-state index in [1.54, 1.807) is 19.1 Å². The summed E-state index contributed by atoms with van der Waals surface area (Å²) in [6.45, 7) is 7.51. The predicted octanol–water partition coefficient (Wildman–Crippen LogP) is 4.52. The van der Waals surface area contributed by atoms with Gasteiger partial charge < -0.3 is 0 Å². The highest BCUT2D eigenvalue weighted by atomic mass is 19.1. The standard InChI is InChI=1S/C24H29FN2O/c1-19(28)21-8-4-6-20(14-21)15-27-13-11-24(18-27)10-5-12-26(17-24)16-22-7-2-3-9-23(22)25/h2-4,6-9,14H,5,10-13,15-18H2,1H3. The molecule has 4 rings (SSSR count). The normalized spacial score (nSPS) is 23.4. The number of carbonyl (C=O) groups excluding carboxylic acids is 1. The van der Waals surface area contributed by atoms with Gasteiger partial charge in [0.05, 0.1) is 0 Å². The second-order valence-electron chi connectivity index (χ2n) is 8.62. The van der Waals surface area contributed by atoms with E-state index in [1.807, 2.05) is 30.3 Å². The zero-order valence-corrected chi connectivity index (χ0v) is 16.7. The van der Waals surface area contributed by atoms with Gasteiger partial charge in [-0.3, -0.25) is 14.6 Å². The summed E-state index contributed by atoms with van der Waals surface area (Å²) in [5.41, 5.74) is 3.13. The molecule has 2 saturated heterocycles. The van der Waals surface area contributed by atoms with E-state index in [0.717, 1.165) is 43.9 Å². The first-order chi connectivity index (χ1) is 13.5. The number of carbonyl (C=O) groups is 1. The Morgan fingerprint density at radius 1 is 1.00 bits per heavy atom. The minimum atomic E-state index is -0.0967. The van der Waals surface area contributed by atoms with E-state index in [4.69, 9.17) is 0 Å². The zero-order valence-electron chi connectivity index (χ0n) is 16.7. The van der Waals surface area contributed by atoms with Gasteiger partial charge in [-0.1, -0.05) is 36.4 Å². The van der Waals surface area contributed by atoms with Crippen molar-refractivity contribution in [2.24, 2.45) is 5.41 Å². The van der Waals surface area contributed by atoms with Crippen LogP contribution in [0, 0.1) is 11.2 Å². The SMILES string of the molecule is CC(=O)c1cccc(CN2CCC3(CCCN(Cc4ccccc4F)C3)C2)c1. The van der Waals surface area contributed by atoms with Crippen LogP contribution in [0.15, 0.2) is 48.5 Å². The third-order valence-corrected chi connectivity index (χ3v) is 6.35. The van der Waals surface area contributed by atoms with E-state index in [9.17, 15) is 9.18 Å². The summed E-state index contributed by atoms with van der Waals surface area (Å²) in [5, 5.41) is 0. The predicted molar refractivity (Wildman–Crippen MR) is 110 cm³/mol. The number of likely N-dealkylation sites (tertiary alicyclic amines) is 2. The lowest BCUT2D eigenvalue weighted by molar-refractivity contribution is 0.0858. The fraction of sp³-hybridized carbons (Fsp3) is 0.458. The first-order valence-electron chi connectivity index (χ1n) is 10.3. The van der Waals surface area contributed by atoms with Crippen molar-refractivity contribution in [2.45, 2.75) is 39.3 Å². The molecule has 1 unspecified atom stereocenters. The maximum absolute atomic E-state index is 14.0. The molecule has 0 aliphatic carbocycles. The summed E-state index contributed by atoms with van der Waals surface area (Å²) < 4.78 is 14.0. The lowest BCUT2D eigenvalue weighted by Crippen LogP contribution is -2.44. The summed E-state index contributed by atoms with van der Waals surface area (Å²) in [6.07, 6.45) is 3.64. The Balaban J connectivity index is 1.39. The van der Waals surface area contributed by atoms with Crippen molar-refractivity contribution in [3.05, 3.63) is 71.0 Å². The number of Topliss-reactive ketones (excluding diaryl/α,β-unsaturated/α-hetero) is 1. The second-order valence-corrected chi connectivity index (χ2v) is 8.62. The maximum atomic E-state index is 14.0. The van der Waals surface area contributed by atoms with Crippen LogP contribution in [0.3, 0.4) is 0 Å². The Labute approximate surface area is 167 Å². The number of benzene rings is 2. The molecule has 0 saturated carbocycles. The van der Waals surface area contributed by atoms with Crippen molar-refractivity contribution in [1.82, 2.24) is 9.80 Å². The van der Waals surface area contributed by atoms with Gasteiger partial charge in [0.1, 0.15) is 5.82 Å². The lowest BCUT2D eigenvalue weighted by atomic mass is 9.79. The first-order valence-corrected chi connectivity index (χ1v) is 10.3. The number of nitrogens with zero attached hydrogens (tertiary/aromatic N) is 2. The Morgan fingerprint density at radius 3 is 2.57 bits per heavy atom. The van der Waals surface area contributed by atoms with Crippen LogP contribution in [0.4, 0.5) is 4.39 Å². The number of rotatable bonds is 5. The van der Waals surface area contributed by atoms with Crippen molar-refractivity contribution in [1.29, 1.82) is 0 Å². The molecule has 2 fully saturated rings. The summed E-state index contributed by atoms with van der Waals surface area (Å²) in [6, 6.07) is 15.1. The van der Waals surface area contributed by atoms with Crippen LogP contribution in [-0.4, -0.2) is 41.8 Å². The number of ketones is 1. The van der Waals surface area contributed by atoms with Gasteiger partial charge in [-0.2, -0.15) is 0 Å². The Morgan fingerprint density at radius 2 is 1.79 bits per heavy atom. The van der Waals surface area contributed by atoms with E-state index in [2.05, 4.69) is 15.9 Å². The molecule has 0 aromatic heterocycles. The summed E-state index contributed by atoms with van der Waals surface area (Å²) >= 11 is 0. The van der Waals surface area contributed by atoms with Gasteiger partial charge in [0.15, 0.2) is 5.78 Å². The monoisotopic (exact) mass is 380 g/mol. The van der Waals surface area contributed by atoms with Crippen LogP contribution < -0.4 is 0 Å². The van der Waals surface area contributed by atoms with Crippen molar-refractivity contribution >= 4 is 5.78 Å². The van der Waals surface area contributed by atoms with Crippen molar-refractivity contribution in [3.8, 4) is 0 Å². The summed E-state index contributed by atoms with van der Waals surface area (Å²) in [7, 11) is 0. The van der Waals surface area contributed by atoms with Crippen LogP contribution in [0.2, 0.25) is 0 Å². The van der Waals surface area contributed by atoms with Gasteiger partial charge >= 0.3 is 0 Å². The molecule has 3 nitrogen and oxygen atoms in total. The molecule has 2 heterocycles. The number of halogens is 1. The molecule has 2 aromatic carbocycles. The molecular formula is C24H29FN2O. The molecule has 1 spiro atoms. The molecule has 28 heavy (non-hydrogen) atoms. The second kappa shape index (κ2) is 8.14. The molecule has 148 valence electrons. The number of piperidine rings is 1. The number of hydrogen-bond donors (Lipinski definition) is 0. The molecule has 1 atom stereocenters. The molecule has 4 heteroatoms. The van der Waals surface area contributed by atoms with Crippen LogP contribution in [0.25, 0.3) is 0 Å². The minimum Gasteiger partial charge on any atom is -0.298 e. The Kier molecular flexibility index (Phi) is 5.61. The summed E-state index contributed by atoms with van der Waals surface area (Å²) in [5.74, 6) is 0.0244. The fourth-order valence-electron chi connectivity index (χ4n) is 4.96. The van der Waals surface area contributed by atoms with E-state index < -0.39 is 0 Å². The smallest absolute Gasteiger partial charge is 0.159 e. The Bertz CT molecular complexity index is 852. The molecule has 2 aliphatic rings. The van der Waals surface area contributed by atoms with E-state index in [1.165, 1.54) is 24.8 Å². The van der Waals surface area contributed by atoms with Crippen molar-refractivity contribution in [2.75, 3.05) is 26.2 Å². The van der Waals surface area contributed by atoms with Crippen LogP contribution in [0.5, 0.6) is 0 Å².